The molecule has 27 heavy (non-hydrogen) atoms. The Morgan fingerprint density at radius 1 is 1.37 bits per heavy atom. The number of likely N-dealkylation sites (N-methyl/N-ethyl adjacent to an activating group) is 1. The molecule has 0 saturated heterocycles. The highest BCUT2D eigenvalue weighted by Gasteiger charge is 2.35. The Hall–Kier alpha value is -2.52. The number of aliphatic hydroxyl groups excluding tert-OH is 1. The summed E-state index contributed by atoms with van der Waals surface area (Å²) in [5, 5.41) is 25.4. The second kappa shape index (κ2) is 8.92. The van der Waals surface area contributed by atoms with E-state index in [0.29, 0.717) is 38.4 Å². The van der Waals surface area contributed by atoms with Crippen LogP contribution in [-0.4, -0.2) is 75.6 Å². The molecule has 1 aliphatic rings. The summed E-state index contributed by atoms with van der Waals surface area (Å²) in [7, 11) is 3.40. The Balaban J connectivity index is 1.68. The minimum atomic E-state index is -0.556. The topological polar surface area (TPSA) is 105 Å². The average molecular weight is 374 g/mol. The van der Waals surface area contributed by atoms with Crippen molar-refractivity contribution in [2.45, 2.75) is 31.4 Å². The van der Waals surface area contributed by atoms with Gasteiger partial charge in [0.15, 0.2) is 0 Å². The van der Waals surface area contributed by atoms with Gasteiger partial charge in [0, 0.05) is 26.6 Å². The van der Waals surface area contributed by atoms with Crippen molar-refractivity contribution in [2.75, 3.05) is 32.6 Å². The van der Waals surface area contributed by atoms with Gasteiger partial charge in [-0.2, -0.15) is 4.68 Å². The molecule has 1 saturated carbocycles. The van der Waals surface area contributed by atoms with Gasteiger partial charge in [0.2, 0.25) is 11.9 Å². The third kappa shape index (κ3) is 4.61. The number of carbonyl (C=O) groups is 1. The third-order valence-electron chi connectivity index (χ3n) is 4.95. The molecule has 3 rings (SSSR count). The molecular weight excluding hydrogens is 348 g/mol. The van der Waals surface area contributed by atoms with Gasteiger partial charge in [-0.25, -0.2) is 0 Å². The van der Waals surface area contributed by atoms with Crippen LogP contribution in [0.15, 0.2) is 30.3 Å². The van der Waals surface area contributed by atoms with E-state index in [1.807, 2.05) is 30.3 Å². The molecule has 2 aromatic rings. The van der Waals surface area contributed by atoms with E-state index in [9.17, 15) is 9.90 Å². The van der Waals surface area contributed by atoms with Crippen molar-refractivity contribution in [1.29, 1.82) is 0 Å². The van der Waals surface area contributed by atoms with E-state index < -0.39 is 6.10 Å². The maximum absolute atomic E-state index is 12.7. The van der Waals surface area contributed by atoms with Crippen molar-refractivity contribution in [1.82, 2.24) is 25.1 Å². The van der Waals surface area contributed by atoms with Crippen molar-refractivity contribution in [3.8, 4) is 5.69 Å². The molecule has 3 atom stereocenters. The maximum atomic E-state index is 12.7. The van der Waals surface area contributed by atoms with Crippen molar-refractivity contribution >= 4 is 11.9 Å². The van der Waals surface area contributed by atoms with Gasteiger partial charge in [0.25, 0.3) is 0 Å². The largest absolute Gasteiger partial charge is 0.391 e. The Bertz CT molecular complexity index is 738. The molecule has 9 heteroatoms. The Kier molecular flexibility index (Phi) is 6.36. The highest BCUT2D eigenvalue weighted by atomic mass is 16.5. The predicted molar refractivity (Wildman–Crippen MR) is 99.4 cm³/mol. The fourth-order valence-corrected chi connectivity index (χ4v) is 3.37. The molecule has 0 bridgehead atoms. The van der Waals surface area contributed by atoms with Gasteiger partial charge in [-0.3, -0.25) is 4.79 Å². The van der Waals surface area contributed by atoms with Crippen LogP contribution in [0.4, 0.5) is 5.95 Å². The van der Waals surface area contributed by atoms with Crippen LogP contribution in [0.3, 0.4) is 0 Å². The summed E-state index contributed by atoms with van der Waals surface area (Å²) < 4.78 is 6.63. The van der Waals surface area contributed by atoms with Crippen LogP contribution >= 0.6 is 0 Å². The minimum Gasteiger partial charge on any atom is -0.391 e. The van der Waals surface area contributed by atoms with E-state index in [-0.39, 0.29) is 17.9 Å². The summed E-state index contributed by atoms with van der Waals surface area (Å²) in [6.45, 7) is 1.06. The zero-order chi connectivity index (χ0) is 19.2. The number of aliphatic hydroxyl groups is 1. The number of benzene rings is 1. The van der Waals surface area contributed by atoms with Gasteiger partial charge < -0.3 is 20.1 Å². The van der Waals surface area contributed by atoms with E-state index in [1.165, 1.54) is 0 Å². The molecule has 0 unspecified atom stereocenters. The van der Waals surface area contributed by atoms with E-state index in [2.05, 4.69) is 20.8 Å². The van der Waals surface area contributed by atoms with Crippen molar-refractivity contribution < 1.29 is 14.6 Å². The van der Waals surface area contributed by atoms with Crippen LogP contribution in [0.25, 0.3) is 5.69 Å². The van der Waals surface area contributed by atoms with Crippen LogP contribution in [0.5, 0.6) is 0 Å². The number of anilines is 1. The van der Waals surface area contributed by atoms with Gasteiger partial charge in [0.1, 0.15) is 0 Å². The lowest BCUT2D eigenvalue weighted by atomic mass is 9.83. The number of rotatable bonds is 7. The maximum Gasteiger partial charge on any atom is 0.248 e. The number of tetrazole rings is 1. The van der Waals surface area contributed by atoms with Gasteiger partial charge in [-0.15, -0.1) is 0 Å². The molecule has 0 aliphatic heterocycles. The second-order valence-electron chi connectivity index (χ2n) is 6.83. The number of nitrogens with zero attached hydrogens (tertiary/aromatic N) is 5. The Morgan fingerprint density at radius 2 is 2.15 bits per heavy atom. The molecular formula is C18H26N6O3. The molecule has 1 amide bonds. The van der Waals surface area contributed by atoms with Crippen LogP contribution in [0.2, 0.25) is 0 Å². The molecule has 1 heterocycles. The second-order valence-corrected chi connectivity index (χ2v) is 6.83. The monoisotopic (exact) mass is 374 g/mol. The fourth-order valence-electron chi connectivity index (χ4n) is 3.37. The van der Waals surface area contributed by atoms with Gasteiger partial charge in [-0.1, -0.05) is 23.3 Å². The van der Waals surface area contributed by atoms with E-state index in [4.69, 9.17) is 4.74 Å². The Labute approximate surface area is 158 Å². The number of aromatic nitrogens is 4. The first-order valence-electron chi connectivity index (χ1n) is 9.12. The lowest BCUT2D eigenvalue weighted by molar-refractivity contribution is -0.136. The van der Waals surface area contributed by atoms with Crippen LogP contribution in [-0.2, 0) is 9.53 Å². The first kappa shape index (κ1) is 19.2. The number of para-hydroxylation sites is 1. The van der Waals surface area contributed by atoms with Gasteiger partial charge in [-0.05, 0) is 41.8 Å². The van der Waals surface area contributed by atoms with Crippen LogP contribution in [0, 0.1) is 5.92 Å². The summed E-state index contributed by atoms with van der Waals surface area (Å²) >= 11 is 0. The molecule has 1 aliphatic carbocycles. The quantitative estimate of drug-likeness (QED) is 0.735. The number of hydrogen-bond acceptors (Lipinski definition) is 7. The first-order chi connectivity index (χ1) is 13.1. The lowest BCUT2D eigenvalue weighted by Gasteiger charge is -2.34. The van der Waals surface area contributed by atoms with Crippen LogP contribution < -0.4 is 5.32 Å². The van der Waals surface area contributed by atoms with E-state index >= 15 is 0 Å². The summed E-state index contributed by atoms with van der Waals surface area (Å²) in [6.07, 6.45) is 1.19. The predicted octanol–water partition coefficient (Wildman–Crippen LogP) is 0.709. The summed E-state index contributed by atoms with van der Waals surface area (Å²) in [5.74, 6) is 0.383. The SMILES string of the molecule is COCCN(C)C(=O)[C@H]1CC[C@@H](O)[C@H](Nc2nnnn2-c2ccccc2)C1. The highest BCUT2D eigenvalue weighted by molar-refractivity contribution is 5.78. The minimum absolute atomic E-state index is 0.0772. The molecule has 0 spiro atoms. The first-order valence-corrected chi connectivity index (χ1v) is 9.12. The van der Waals surface area contributed by atoms with Crippen LogP contribution in [0.1, 0.15) is 19.3 Å². The normalized spacial score (nSPS) is 22.4. The lowest BCUT2D eigenvalue weighted by Crippen LogP contribution is -2.45. The van der Waals surface area contributed by atoms with Gasteiger partial charge in [0.05, 0.1) is 24.4 Å². The smallest absolute Gasteiger partial charge is 0.248 e. The van der Waals surface area contributed by atoms with Crippen molar-refractivity contribution in [3.63, 3.8) is 0 Å². The van der Waals surface area contributed by atoms with Gasteiger partial charge >= 0.3 is 0 Å². The van der Waals surface area contributed by atoms with Crippen molar-refractivity contribution in [2.24, 2.45) is 5.92 Å². The zero-order valence-electron chi connectivity index (χ0n) is 15.7. The fraction of sp³-hybridized carbons (Fsp3) is 0.556. The standard InChI is InChI=1S/C18H26N6O3/c1-23(10-11-27-2)17(26)13-8-9-16(25)15(12-13)19-18-20-21-22-24(18)14-6-4-3-5-7-14/h3-7,13,15-16,25H,8-12H2,1-2H3,(H,19,20,22)/t13-,15+,16+/m0/s1. The molecule has 1 fully saturated rings. The molecule has 1 aromatic heterocycles. The van der Waals surface area contributed by atoms with E-state index in [1.54, 1.807) is 23.7 Å². The molecule has 146 valence electrons. The zero-order valence-corrected chi connectivity index (χ0v) is 15.7. The van der Waals surface area contributed by atoms with Crippen molar-refractivity contribution in [3.05, 3.63) is 30.3 Å². The molecule has 2 N–H and O–H groups in total. The number of ether oxygens (including phenoxy) is 1. The number of nitrogens with one attached hydrogen (secondary N) is 1. The average Bonchev–Trinajstić information content (AvgIpc) is 3.16. The Morgan fingerprint density at radius 3 is 2.89 bits per heavy atom. The number of methoxy groups -OCH3 is 1. The number of carbonyl (C=O) groups excluding carboxylic acids is 1. The summed E-state index contributed by atoms with van der Waals surface area (Å²) in [6, 6.07) is 9.23. The molecule has 1 aromatic carbocycles. The number of amides is 1. The highest BCUT2D eigenvalue weighted by Crippen LogP contribution is 2.28. The molecule has 0 radical (unpaired) electrons. The summed E-state index contributed by atoms with van der Waals surface area (Å²) in [4.78, 5) is 14.4. The van der Waals surface area contributed by atoms with E-state index in [0.717, 1.165) is 5.69 Å². The third-order valence-corrected chi connectivity index (χ3v) is 4.95. The summed E-state index contributed by atoms with van der Waals surface area (Å²) in [5.41, 5.74) is 0.822. The molecule has 9 nitrogen and oxygen atoms in total. The number of hydrogen-bond donors (Lipinski definition) is 2.